The molecule has 0 aliphatic carbocycles. The third-order valence-corrected chi connectivity index (χ3v) is 4.75. The summed E-state index contributed by atoms with van der Waals surface area (Å²) in [5, 5.41) is 3.77. The van der Waals surface area contributed by atoms with Crippen LogP contribution in [-0.2, 0) is 11.3 Å². The van der Waals surface area contributed by atoms with Crippen molar-refractivity contribution in [1.29, 1.82) is 0 Å². The van der Waals surface area contributed by atoms with Gasteiger partial charge in [-0.3, -0.25) is 14.6 Å². The summed E-state index contributed by atoms with van der Waals surface area (Å²) in [6.07, 6.45) is 1.70. The maximum absolute atomic E-state index is 11.4. The van der Waals surface area contributed by atoms with Gasteiger partial charge in [-0.1, -0.05) is 12.1 Å². The first-order valence-electron chi connectivity index (χ1n) is 7.75. The Hall–Kier alpha value is -1.40. The quantitative estimate of drug-likeness (QED) is 0.819. The smallest absolute Gasteiger partial charge is 0.219 e. The number of carbonyl (C=O) groups excluding carboxylic acids is 1. The van der Waals surface area contributed by atoms with Gasteiger partial charge in [-0.25, -0.2) is 0 Å². The van der Waals surface area contributed by atoms with Crippen LogP contribution in [0, 0.1) is 5.92 Å². The van der Waals surface area contributed by atoms with Crippen LogP contribution in [-0.4, -0.2) is 71.1 Å². The van der Waals surface area contributed by atoms with Crippen molar-refractivity contribution in [2.75, 3.05) is 39.3 Å². The Bertz CT molecular complexity index is 468. The number of likely N-dealkylation sites (tertiary alicyclic amines) is 1. The van der Waals surface area contributed by atoms with Crippen LogP contribution >= 0.6 is 0 Å². The van der Waals surface area contributed by atoms with E-state index in [1.165, 1.54) is 0 Å². The van der Waals surface area contributed by atoms with Gasteiger partial charge in [-0.2, -0.15) is 0 Å². The van der Waals surface area contributed by atoms with Crippen molar-refractivity contribution in [2.45, 2.75) is 26.4 Å². The van der Waals surface area contributed by atoms with Crippen LogP contribution in [0.1, 0.15) is 19.6 Å². The van der Waals surface area contributed by atoms with Crippen LogP contribution in [0.25, 0.3) is 0 Å². The average molecular weight is 292 g/mol. The molecule has 116 valence electrons. The summed E-state index contributed by atoms with van der Waals surface area (Å²) in [6, 6.07) is 2.52. The van der Waals surface area contributed by atoms with Crippen LogP contribution in [0.4, 0.5) is 0 Å². The Morgan fingerprint density at radius 1 is 1.33 bits per heavy atom. The van der Waals surface area contributed by atoms with Crippen LogP contribution in [0.5, 0.6) is 0 Å². The van der Waals surface area contributed by atoms with E-state index in [0.29, 0.717) is 12.0 Å². The van der Waals surface area contributed by atoms with E-state index in [1.54, 1.807) is 13.1 Å². The third-order valence-electron chi connectivity index (χ3n) is 4.75. The van der Waals surface area contributed by atoms with E-state index < -0.39 is 0 Å². The van der Waals surface area contributed by atoms with Gasteiger partial charge in [0.25, 0.3) is 0 Å². The Balaban J connectivity index is 1.53. The normalized spacial score (nSPS) is 28.2. The molecule has 2 aliphatic heterocycles. The van der Waals surface area contributed by atoms with E-state index in [0.717, 1.165) is 51.6 Å². The minimum absolute atomic E-state index is 0.195. The zero-order valence-electron chi connectivity index (χ0n) is 12.9. The van der Waals surface area contributed by atoms with Crippen molar-refractivity contribution in [2.24, 2.45) is 5.92 Å². The second-order valence-corrected chi connectivity index (χ2v) is 6.26. The first kappa shape index (κ1) is 14.5. The summed E-state index contributed by atoms with van der Waals surface area (Å²) in [5.41, 5.74) is 0. The monoisotopic (exact) mass is 292 g/mol. The van der Waals surface area contributed by atoms with Crippen LogP contribution in [0.2, 0.25) is 0 Å². The first-order chi connectivity index (χ1) is 10.1. The highest BCUT2D eigenvalue weighted by molar-refractivity contribution is 5.73. The fraction of sp³-hybridized carbons (Fsp3) is 0.733. The molecule has 2 aliphatic rings. The Kier molecular flexibility index (Phi) is 4.26. The molecule has 0 spiro atoms. The van der Waals surface area contributed by atoms with Gasteiger partial charge in [-0.05, 0) is 5.92 Å². The second-order valence-electron chi connectivity index (χ2n) is 6.26. The third kappa shape index (κ3) is 3.27. The van der Waals surface area contributed by atoms with Crippen molar-refractivity contribution in [3.63, 3.8) is 0 Å². The predicted molar refractivity (Wildman–Crippen MR) is 78.6 cm³/mol. The van der Waals surface area contributed by atoms with Gasteiger partial charge in [0, 0.05) is 58.3 Å². The lowest BCUT2D eigenvalue weighted by Crippen LogP contribution is -2.53. The van der Waals surface area contributed by atoms with E-state index in [1.807, 2.05) is 11.0 Å². The molecule has 1 aromatic rings. The molecular weight excluding hydrogens is 268 g/mol. The molecule has 0 saturated carbocycles. The maximum Gasteiger partial charge on any atom is 0.219 e. The fourth-order valence-corrected chi connectivity index (χ4v) is 3.56. The first-order valence-corrected chi connectivity index (χ1v) is 7.75. The molecule has 1 amide bonds. The average Bonchev–Trinajstić information content (AvgIpc) is 3.09. The van der Waals surface area contributed by atoms with Gasteiger partial charge in [0.05, 0.1) is 12.7 Å². The predicted octanol–water partition coefficient (Wildman–Crippen LogP) is 0.659. The van der Waals surface area contributed by atoms with Gasteiger partial charge in [0.15, 0.2) is 5.76 Å². The SMILES string of the molecule is CC(=O)N1CCN(C2CN(Cc3ccno3)CC2C)CC1. The van der Waals surface area contributed by atoms with Crippen molar-refractivity contribution in [3.05, 3.63) is 18.0 Å². The highest BCUT2D eigenvalue weighted by Gasteiger charge is 2.35. The molecule has 1 aromatic heterocycles. The zero-order valence-corrected chi connectivity index (χ0v) is 12.9. The molecule has 0 radical (unpaired) electrons. The van der Waals surface area contributed by atoms with Crippen LogP contribution in [0.15, 0.2) is 16.8 Å². The molecule has 3 heterocycles. The van der Waals surface area contributed by atoms with Gasteiger partial charge < -0.3 is 9.42 Å². The van der Waals surface area contributed by atoms with E-state index in [-0.39, 0.29) is 5.91 Å². The molecule has 2 unspecified atom stereocenters. The minimum Gasteiger partial charge on any atom is -0.360 e. The number of rotatable bonds is 3. The van der Waals surface area contributed by atoms with E-state index in [9.17, 15) is 4.79 Å². The topological polar surface area (TPSA) is 52.8 Å². The highest BCUT2D eigenvalue weighted by Crippen LogP contribution is 2.24. The number of amides is 1. The van der Waals surface area contributed by atoms with Gasteiger partial charge in [-0.15, -0.1) is 0 Å². The highest BCUT2D eigenvalue weighted by atomic mass is 16.5. The Labute approximate surface area is 125 Å². The van der Waals surface area contributed by atoms with Gasteiger partial charge >= 0.3 is 0 Å². The number of aromatic nitrogens is 1. The molecule has 3 rings (SSSR count). The second kappa shape index (κ2) is 6.15. The number of hydrogen-bond acceptors (Lipinski definition) is 5. The lowest BCUT2D eigenvalue weighted by molar-refractivity contribution is -0.130. The molecular formula is C15H24N4O2. The molecule has 6 nitrogen and oxygen atoms in total. The number of nitrogens with zero attached hydrogens (tertiary/aromatic N) is 4. The number of piperazine rings is 1. The van der Waals surface area contributed by atoms with Crippen molar-refractivity contribution in [3.8, 4) is 0 Å². The van der Waals surface area contributed by atoms with Crippen molar-refractivity contribution >= 4 is 5.91 Å². The Morgan fingerprint density at radius 2 is 2.10 bits per heavy atom. The van der Waals surface area contributed by atoms with Crippen LogP contribution in [0.3, 0.4) is 0 Å². The van der Waals surface area contributed by atoms with E-state index >= 15 is 0 Å². The summed E-state index contributed by atoms with van der Waals surface area (Å²) >= 11 is 0. The standard InChI is InChI=1S/C15H24N4O2/c1-12-9-17(10-14-3-4-16-21-14)11-15(12)19-7-5-18(6-8-19)13(2)20/h3-4,12,15H,5-11H2,1-2H3. The summed E-state index contributed by atoms with van der Waals surface area (Å²) in [5.74, 6) is 1.78. The fourth-order valence-electron chi connectivity index (χ4n) is 3.56. The molecule has 2 saturated heterocycles. The Morgan fingerprint density at radius 3 is 2.71 bits per heavy atom. The van der Waals surface area contributed by atoms with E-state index in [4.69, 9.17) is 4.52 Å². The largest absolute Gasteiger partial charge is 0.360 e. The molecule has 2 fully saturated rings. The van der Waals surface area contributed by atoms with Gasteiger partial charge in [0.1, 0.15) is 0 Å². The lowest BCUT2D eigenvalue weighted by Gasteiger charge is -2.39. The summed E-state index contributed by atoms with van der Waals surface area (Å²) in [6.45, 7) is 10.7. The van der Waals surface area contributed by atoms with Crippen molar-refractivity contribution < 1.29 is 9.32 Å². The van der Waals surface area contributed by atoms with Crippen molar-refractivity contribution in [1.82, 2.24) is 19.9 Å². The molecule has 6 heteroatoms. The van der Waals surface area contributed by atoms with E-state index in [2.05, 4.69) is 21.9 Å². The number of hydrogen-bond donors (Lipinski definition) is 0. The maximum atomic E-state index is 11.4. The molecule has 0 N–H and O–H groups in total. The lowest BCUT2D eigenvalue weighted by atomic mass is 10.0. The molecule has 2 atom stereocenters. The van der Waals surface area contributed by atoms with Crippen LogP contribution < -0.4 is 0 Å². The molecule has 0 aromatic carbocycles. The van der Waals surface area contributed by atoms with Gasteiger partial charge in [0.2, 0.25) is 5.91 Å². The summed E-state index contributed by atoms with van der Waals surface area (Å²) < 4.78 is 5.20. The molecule has 21 heavy (non-hydrogen) atoms. The summed E-state index contributed by atoms with van der Waals surface area (Å²) in [4.78, 5) is 18.3. The zero-order chi connectivity index (χ0) is 14.8. The summed E-state index contributed by atoms with van der Waals surface area (Å²) in [7, 11) is 0. The number of carbonyl (C=O) groups is 1. The molecule has 0 bridgehead atoms. The minimum atomic E-state index is 0.195.